The number of pyridine rings is 1. The lowest BCUT2D eigenvalue weighted by Gasteiger charge is -2.13. The second-order valence-corrected chi connectivity index (χ2v) is 4.76. The van der Waals surface area contributed by atoms with Gasteiger partial charge in [0.1, 0.15) is 0 Å². The predicted octanol–water partition coefficient (Wildman–Crippen LogP) is 2.86. The second-order valence-electron chi connectivity index (χ2n) is 4.36. The summed E-state index contributed by atoms with van der Waals surface area (Å²) < 4.78 is 10.5. The Hall–Kier alpha value is -1.98. The fourth-order valence-corrected chi connectivity index (χ4v) is 2.30. The number of anilines is 1. The Labute approximate surface area is 128 Å². The molecule has 2 aromatic rings. The summed E-state index contributed by atoms with van der Waals surface area (Å²) in [6, 6.07) is 5.43. The van der Waals surface area contributed by atoms with Crippen molar-refractivity contribution >= 4 is 17.3 Å². The molecule has 21 heavy (non-hydrogen) atoms. The van der Waals surface area contributed by atoms with Gasteiger partial charge >= 0.3 is 0 Å². The van der Waals surface area contributed by atoms with Gasteiger partial charge in [-0.25, -0.2) is 0 Å². The molecule has 2 rings (SSSR count). The first kappa shape index (κ1) is 15.4. The molecule has 1 aromatic carbocycles. The van der Waals surface area contributed by atoms with Crippen molar-refractivity contribution in [2.75, 3.05) is 19.5 Å². The van der Waals surface area contributed by atoms with Crippen LogP contribution in [0, 0.1) is 0 Å². The highest BCUT2D eigenvalue weighted by molar-refractivity contribution is 6.32. The fourth-order valence-electron chi connectivity index (χ4n) is 1.99. The smallest absolute Gasteiger partial charge is 0.179 e. The number of rotatable bonds is 6. The van der Waals surface area contributed by atoms with Gasteiger partial charge in [0, 0.05) is 18.3 Å². The van der Waals surface area contributed by atoms with Gasteiger partial charge in [-0.1, -0.05) is 11.6 Å². The van der Waals surface area contributed by atoms with E-state index in [0.29, 0.717) is 23.1 Å². The monoisotopic (exact) mass is 308 g/mol. The zero-order valence-corrected chi connectivity index (χ0v) is 12.6. The third-order valence-corrected chi connectivity index (χ3v) is 3.34. The number of aliphatic hydroxyl groups excluding tert-OH is 1. The zero-order valence-electron chi connectivity index (χ0n) is 11.9. The fraction of sp³-hybridized carbons (Fsp3) is 0.267. The van der Waals surface area contributed by atoms with Gasteiger partial charge in [0.25, 0.3) is 0 Å². The molecule has 1 heterocycles. The molecule has 6 heteroatoms. The Morgan fingerprint density at radius 1 is 1.29 bits per heavy atom. The molecule has 0 aliphatic rings. The maximum Gasteiger partial charge on any atom is 0.179 e. The number of hydrogen-bond acceptors (Lipinski definition) is 5. The highest BCUT2D eigenvalue weighted by Crippen LogP contribution is 2.36. The number of nitrogens with zero attached hydrogens (tertiary/aromatic N) is 1. The molecular weight excluding hydrogens is 292 g/mol. The Bertz CT molecular complexity index is 620. The summed E-state index contributed by atoms with van der Waals surface area (Å²) in [5, 5.41) is 13.0. The number of benzene rings is 1. The van der Waals surface area contributed by atoms with Gasteiger partial charge < -0.3 is 19.9 Å². The van der Waals surface area contributed by atoms with E-state index >= 15 is 0 Å². The maximum atomic E-state index is 9.28. The summed E-state index contributed by atoms with van der Waals surface area (Å²) in [6.45, 7) is 0.482. The van der Waals surface area contributed by atoms with Gasteiger partial charge in [-0.3, -0.25) is 4.98 Å². The summed E-state index contributed by atoms with van der Waals surface area (Å²) in [5.74, 6) is 1.09. The molecule has 0 saturated carbocycles. The molecule has 1 aromatic heterocycles. The molecular formula is C15H17ClN2O3. The largest absolute Gasteiger partial charge is 0.493 e. The summed E-state index contributed by atoms with van der Waals surface area (Å²) in [7, 11) is 3.11. The van der Waals surface area contributed by atoms with Crippen LogP contribution < -0.4 is 14.8 Å². The van der Waals surface area contributed by atoms with Crippen LogP contribution in [0.15, 0.2) is 30.6 Å². The van der Waals surface area contributed by atoms with Gasteiger partial charge in [-0.15, -0.1) is 0 Å². The average Bonchev–Trinajstić information content (AvgIpc) is 2.52. The van der Waals surface area contributed by atoms with E-state index in [-0.39, 0.29) is 6.61 Å². The van der Waals surface area contributed by atoms with Crippen molar-refractivity contribution in [3.63, 3.8) is 0 Å². The van der Waals surface area contributed by atoms with E-state index in [1.54, 1.807) is 32.7 Å². The van der Waals surface area contributed by atoms with Crippen molar-refractivity contribution in [1.29, 1.82) is 0 Å². The number of nitrogens with one attached hydrogen (secondary N) is 1. The Balaban J connectivity index is 2.18. The zero-order chi connectivity index (χ0) is 15.2. The molecule has 2 N–H and O–H groups in total. The molecule has 0 saturated heterocycles. The van der Waals surface area contributed by atoms with Gasteiger partial charge in [0.05, 0.1) is 37.7 Å². The lowest BCUT2D eigenvalue weighted by atomic mass is 10.2. The highest BCUT2D eigenvalue weighted by atomic mass is 35.5. The van der Waals surface area contributed by atoms with E-state index in [1.807, 2.05) is 12.1 Å². The van der Waals surface area contributed by atoms with Crippen LogP contribution in [0.3, 0.4) is 0 Å². The Morgan fingerprint density at radius 3 is 2.76 bits per heavy atom. The van der Waals surface area contributed by atoms with Crippen molar-refractivity contribution in [3.05, 3.63) is 46.7 Å². The molecule has 0 fully saturated rings. The number of hydrogen-bond donors (Lipinski definition) is 2. The average molecular weight is 309 g/mol. The van der Waals surface area contributed by atoms with Crippen molar-refractivity contribution in [3.8, 4) is 11.5 Å². The van der Waals surface area contributed by atoms with Crippen LogP contribution in [0.1, 0.15) is 11.1 Å². The van der Waals surface area contributed by atoms with Crippen LogP contribution in [-0.4, -0.2) is 24.3 Å². The van der Waals surface area contributed by atoms with Crippen LogP contribution >= 0.6 is 11.6 Å². The van der Waals surface area contributed by atoms with E-state index in [2.05, 4.69) is 10.3 Å². The predicted molar refractivity (Wildman–Crippen MR) is 82.0 cm³/mol. The third kappa shape index (κ3) is 3.56. The topological polar surface area (TPSA) is 63.6 Å². The van der Waals surface area contributed by atoms with Gasteiger partial charge in [0.2, 0.25) is 0 Å². The lowest BCUT2D eigenvalue weighted by Crippen LogP contribution is -2.04. The first-order valence-corrected chi connectivity index (χ1v) is 6.75. The molecule has 0 spiro atoms. The Morgan fingerprint density at radius 2 is 2.10 bits per heavy atom. The minimum atomic E-state index is -0.0441. The van der Waals surface area contributed by atoms with Crippen molar-refractivity contribution in [1.82, 2.24) is 4.98 Å². The van der Waals surface area contributed by atoms with Gasteiger partial charge in [-0.2, -0.15) is 0 Å². The van der Waals surface area contributed by atoms with Crippen LogP contribution in [0.5, 0.6) is 11.5 Å². The highest BCUT2D eigenvalue weighted by Gasteiger charge is 2.11. The first-order valence-electron chi connectivity index (χ1n) is 6.37. The number of aliphatic hydroxyl groups is 1. The molecule has 0 amide bonds. The SMILES string of the molecule is COc1cc(CNc2cnccc2CO)cc(Cl)c1OC. The summed E-state index contributed by atoms with van der Waals surface area (Å²) >= 11 is 6.17. The van der Waals surface area contributed by atoms with E-state index < -0.39 is 0 Å². The van der Waals surface area contributed by atoms with Crippen LogP contribution in [-0.2, 0) is 13.2 Å². The first-order chi connectivity index (χ1) is 10.2. The molecule has 0 aliphatic heterocycles. The number of aromatic nitrogens is 1. The van der Waals surface area contributed by atoms with Gasteiger partial charge in [-0.05, 0) is 23.8 Å². The molecule has 0 unspecified atom stereocenters. The molecule has 0 bridgehead atoms. The van der Waals surface area contributed by atoms with Crippen molar-refractivity contribution < 1.29 is 14.6 Å². The molecule has 112 valence electrons. The van der Waals surface area contributed by atoms with E-state index in [1.165, 1.54) is 0 Å². The number of halogens is 1. The van der Waals surface area contributed by atoms with Crippen molar-refractivity contribution in [2.45, 2.75) is 13.2 Å². The maximum absolute atomic E-state index is 9.28. The summed E-state index contributed by atoms with van der Waals surface area (Å²) in [4.78, 5) is 4.04. The molecule has 0 atom stereocenters. The molecule has 0 radical (unpaired) electrons. The third-order valence-electron chi connectivity index (χ3n) is 3.06. The lowest BCUT2D eigenvalue weighted by molar-refractivity contribution is 0.282. The minimum absolute atomic E-state index is 0.0441. The quantitative estimate of drug-likeness (QED) is 0.859. The number of methoxy groups -OCH3 is 2. The van der Waals surface area contributed by atoms with Crippen LogP contribution in [0.2, 0.25) is 5.02 Å². The van der Waals surface area contributed by atoms with Crippen molar-refractivity contribution in [2.24, 2.45) is 0 Å². The van der Waals surface area contributed by atoms with Crippen LogP contribution in [0.25, 0.3) is 0 Å². The standard InChI is InChI=1S/C15H17ClN2O3/c1-20-14-6-10(5-12(16)15(14)21-2)7-18-13-8-17-4-3-11(13)9-19/h3-6,8,18-19H,7,9H2,1-2H3. The van der Waals surface area contributed by atoms with Crippen LogP contribution in [0.4, 0.5) is 5.69 Å². The normalized spacial score (nSPS) is 10.3. The van der Waals surface area contributed by atoms with E-state index in [4.69, 9.17) is 21.1 Å². The van der Waals surface area contributed by atoms with Gasteiger partial charge in [0.15, 0.2) is 11.5 Å². The Kier molecular flexibility index (Phi) is 5.25. The number of ether oxygens (including phenoxy) is 2. The molecule has 0 aliphatic carbocycles. The van der Waals surface area contributed by atoms with E-state index in [0.717, 1.165) is 16.8 Å². The minimum Gasteiger partial charge on any atom is -0.493 e. The molecule has 5 nitrogen and oxygen atoms in total. The summed E-state index contributed by atoms with van der Waals surface area (Å²) in [5.41, 5.74) is 2.51. The summed E-state index contributed by atoms with van der Waals surface area (Å²) in [6.07, 6.45) is 3.32. The second kappa shape index (κ2) is 7.15. The van der Waals surface area contributed by atoms with E-state index in [9.17, 15) is 5.11 Å².